The third-order valence-electron chi connectivity index (χ3n) is 4.78. The second-order valence-electron chi connectivity index (χ2n) is 6.76. The average molecular weight is 395 g/mol. The first kappa shape index (κ1) is 20.0. The highest BCUT2D eigenvalue weighted by molar-refractivity contribution is 7.63. The third-order valence-corrected chi connectivity index (χ3v) is 6.01. The molecule has 0 saturated carbocycles. The molecule has 146 valence electrons. The molecule has 8 heteroatoms. The number of ether oxygens (including phenoxy) is 2. The van der Waals surface area contributed by atoms with Gasteiger partial charge in [-0.1, -0.05) is 6.07 Å². The summed E-state index contributed by atoms with van der Waals surface area (Å²) < 4.78 is 37.6. The van der Waals surface area contributed by atoms with Crippen molar-refractivity contribution in [1.82, 2.24) is 5.25 Å². The highest BCUT2D eigenvalue weighted by Crippen LogP contribution is 2.38. The Balaban J connectivity index is 1.85. The fraction of sp³-hybridized carbons (Fsp3) is 0.368. The maximum absolute atomic E-state index is 14.6. The van der Waals surface area contributed by atoms with E-state index in [1.54, 1.807) is 26.0 Å². The molecule has 1 heterocycles. The molecule has 0 spiro atoms. The summed E-state index contributed by atoms with van der Waals surface area (Å²) in [5.41, 5.74) is 1.87. The van der Waals surface area contributed by atoms with Crippen molar-refractivity contribution < 1.29 is 28.5 Å². The van der Waals surface area contributed by atoms with Gasteiger partial charge in [-0.2, -0.15) is 0 Å². The number of halogens is 1. The second kappa shape index (κ2) is 8.09. The lowest BCUT2D eigenvalue weighted by Crippen LogP contribution is -2.17. The minimum absolute atomic E-state index is 0.0633. The Bertz CT molecular complexity index is 859. The monoisotopic (exact) mass is 395 g/mol. The van der Waals surface area contributed by atoms with E-state index in [2.05, 4.69) is 0 Å². The molecule has 2 aromatic rings. The van der Waals surface area contributed by atoms with Gasteiger partial charge >= 0.3 is 7.52 Å². The van der Waals surface area contributed by atoms with Crippen LogP contribution in [-0.4, -0.2) is 23.3 Å². The van der Waals surface area contributed by atoms with Crippen molar-refractivity contribution in [2.75, 3.05) is 13.2 Å². The van der Waals surface area contributed by atoms with Crippen LogP contribution in [0, 0.1) is 19.7 Å². The molecular formula is C19H23FNO5P. The fourth-order valence-corrected chi connectivity index (χ4v) is 4.20. The van der Waals surface area contributed by atoms with Gasteiger partial charge in [0.05, 0.1) is 5.30 Å². The van der Waals surface area contributed by atoms with Gasteiger partial charge in [0.1, 0.15) is 17.3 Å². The van der Waals surface area contributed by atoms with Crippen LogP contribution in [0.3, 0.4) is 0 Å². The minimum Gasteiger partial charge on any atom is -0.457 e. The number of rotatable bonds is 5. The van der Waals surface area contributed by atoms with Crippen LogP contribution in [0.5, 0.6) is 11.5 Å². The van der Waals surface area contributed by atoms with E-state index in [1.165, 1.54) is 23.4 Å². The fourth-order valence-electron chi connectivity index (χ4n) is 3.35. The van der Waals surface area contributed by atoms with Crippen molar-refractivity contribution in [3.8, 4) is 11.5 Å². The Morgan fingerprint density at radius 1 is 1.19 bits per heavy atom. The summed E-state index contributed by atoms with van der Waals surface area (Å²) in [4.78, 5) is 9.71. The highest BCUT2D eigenvalue weighted by Gasteiger charge is 2.23. The van der Waals surface area contributed by atoms with E-state index < -0.39 is 7.52 Å². The molecule has 3 N–H and O–H groups in total. The van der Waals surface area contributed by atoms with Crippen molar-refractivity contribution in [3.05, 3.63) is 52.8 Å². The van der Waals surface area contributed by atoms with Crippen molar-refractivity contribution in [2.24, 2.45) is 0 Å². The number of aryl methyl sites for hydroxylation is 2. The molecule has 0 bridgehead atoms. The molecule has 1 unspecified atom stereocenters. The summed E-state index contributed by atoms with van der Waals surface area (Å²) in [6.45, 7) is 4.72. The van der Waals surface area contributed by atoms with Crippen LogP contribution >= 0.6 is 7.52 Å². The Morgan fingerprint density at radius 3 is 2.37 bits per heavy atom. The summed E-state index contributed by atoms with van der Waals surface area (Å²) in [5.74, 6) is 0.681. The van der Waals surface area contributed by atoms with E-state index in [0.29, 0.717) is 41.4 Å². The first-order valence-corrected chi connectivity index (χ1v) is 10.4. The molecule has 2 aromatic carbocycles. The van der Waals surface area contributed by atoms with Crippen LogP contribution in [0.4, 0.5) is 4.39 Å². The summed E-state index contributed by atoms with van der Waals surface area (Å²) in [7, 11) is -4.03. The van der Waals surface area contributed by atoms with Crippen LogP contribution in [0.25, 0.3) is 0 Å². The number of nitrogens with one attached hydrogen (secondary N) is 1. The molecule has 3 rings (SSSR count). The van der Waals surface area contributed by atoms with Crippen LogP contribution < -0.4 is 15.3 Å². The van der Waals surface area contributed by atoms with Crippen molar-refractivity contribution in [2.45, 2.75) is 32.6 Å². The van der Waals surface area contributed by atoms with E-state index in [-0.39, 0.29) is 17.0 Å². The van der Waals surface area contributed by atoms with Gasteiger partial charge in [0.25, 0.3) is 0 Å². The summed E-state index contributed by atoms with van der Waals surface area (Å²) >= 11 is 0. The van der Waals surface area contributed by atoms with Gasteiger partial charge in [-0.3, -0.25) is 4.57 Å². The maximum Gasteiger partial charge on any atom is 0.319 e. The molecule has 1 aliphatic heterocycles. The Hall–Kier alpha value is -1.76. The molecule has 1 atom stereocenters. The average Bonchev–Trinajstić information content (AvgIpc) is 2.65. The van der Waals surface area contributed by atoms with E-state index >= 15 is 0 Å². The van der Waals surface area contributed by atoms with E-state index in [1.807, 2.05) is 0 Å². The molecule has 0 aromatic heterocycles. The van der Waals surface area contributed by atoms with Crippen molar-refractivity contribution in [3.63, 3.8) is 0 Å². The van der Waals surface area contributed by atoms with E-state index in [4.69, 9.17) is 14.7 Å². The van der Waals surface area contributed by atoms with Crippen molar-refractivity contribution >= 4 is 12.8 Å². The van der Waals surface area contributed by atoms with Crippen LogP contribution in [0.2, 0.25) is 0 Å². The predicted molar refractivity (Wildman–Crippen MR) is 99.6 cm³/mol. The van der Waals surface area contributed by atoms with Crippen LogP contribution in [-0.2, 0) is 9.30 Å². The standard InChI is InChI=1S/C19H23FNO5P/c1-12-9-16(27(23,24)21-22)10-13(2)19(12)26-15-3-4-17(18(20)11-15)14-5-7-25-8-6-14/h3-4,9-11,14,22H,5-8H2,1-2H3,(H2,21,23,24). The SMILES string of the molecule is Cc1cc(P(=O)(O)NO)cc(C)c1Oc1ccc(C2CCOCC2)c(F)c1. The lowest BCUT2D eigenvalue weighted by molar-refractivity contribution is 0.0846. The lowest BCUT2D eigenvalue weighted by atomic mass is 9.91. The molecule has 0 radical (unpaired) electrons. The molecule has 1 fully saturated rings. The molecule has 0 amide bonds. The molecule has 0 aliphatic carbocycles. The van der Waals surface area contributed by atoms with E-state index in [0.717, 1.165) is 12.8 Å². The quantitative estimate of drug-likeness (QED) is 0.525. The van der Waals surface area contributed by atoms with Gasteiger partial charge in [0.15, 0.2) is 0 Å². The Morgan fingerprint density at radius 2 is 1.81 bits per heavy atom. The molecule has 1 saturated heterocycles. The third kappa shape index (κ3) is 4.39. The molecule has 1 aliphatic rings. The number of benzene rings is 2. The van der Waals surface area contributed by atoms with E-state index in [9.17, 15) is 13.8 Å². The second-order valence-corrected chi connectivity index (χ2v) is 8.63. The topological polar surface area (TPSA) is 88.0 Å². The lowest BCUT2D eigenvalue weighted by Gasteiger charge is -2.23. The summed E-state index contributed by atoms with van der Waals surface area (Å²) in [6, 6.07) is 7.76. The first-order valence-electron chi connectivity index (χ1n) is 8.73. The van der Waals surface area contributed by atoms with Gasteiger partial charge < -0.3 is 19.6 Å². The van der Waals surface area contributed by atoms with Gasteiger partial charge in [0.2, 0.25) is 0 Å². The Kier molecular flexibility index (Phi) is 5.99. The normalized spacial score (nSPS) is 17.5. The molecule has 27 heavy (non-hydrogen) atoms. The minimum atomic E-state index is -4.03. The van der Waals surface area contributed by atoms with Crippen molar-refractivity contribution in [1.29, 1.82) is 0 Å². The van der Waals surface area contributed by atoms with Gasteiger partial charge in [-0.25, -0.2) is 4.39 Å². The number of hydrogen-bond acceptors (Lipinski definition) is 4. The van der Waals surface area contributed by atoms with Gasteiger partial charge in [-0.05, 0) is 67.5 Å². The predicted octanol–water partition coefficient (Wildman–Crippen LogP) is 3.92. The summed E-state index contributed by atoms with van der Waals surface area (Å²) in [6.07, 6.45) is 1.60. The zero-order chi connectivity index (χ0) is 19.6. The van der Waals surface area contributed by atoms with Crippen LogP contribution in [0.15, 0.2) is 30.3 Å². The number of hydrogen-bond donors (Lipinski definition) is 3. The Labute approximate surface area is 157 Å². The smallest absolute Gasteiger partial charge is 0.319 e. The molecule has 6 nitrogen and oxygen atoms in total. The maximum atomic E-state index is 14.6. The first-order chi connectivity index (χ1) is 12.8. The molecular weight excluding hydrogens is 372 g/mol. The zero-order valence-electron chi connectivity index (χ0n) is 15.2. The highest BCUT2D eigenvalue weighted by atomic mass is 31.2. The van der Waals surface area contributed by atoms with Gasteiger partial charge in [-0.15, -0.1) is 5.25 Å². The van der Waals surface area contributed by atoms with Crippen LogP contribution in [0.1, 0.15) is 35.4 Å². The van der Waals surface area contributed by atoms with Gasteiger partial charge in [0, 0.05) is 19.3 Å². The zero-order valence-corrected chi connectivity index (χ0v) is 16.1. The largest absolute Gasteiger partial charge is 0.457 e. The summed E-state index contributed by atoms with van der Waals surface area (Å²) in [5, 5.41) is 10.4.